The summed E-state index contributed by atoms with van der Waals surface area (Å²) < 4.78 is 1.76. The van der Waals surface area contributed by atoms with Crippen molar-refractivity contribution in [2.45, 2.75) is 33.1 Å². The molecule has 3 nitrogen and oxygen atoms in total. The summed E-state index contributed by atoms with van der Waals surface area (Å²) in [5.41, 5.74) is 3.16. The molecule has 0 radical (unpaired) electrons. The Balaban J connectivity index is 2.30. The van der Waals surface area contributed by atoms with Gasteiger partial charge in [-0.2, -0.15) is 0 Å². The van der Waals surface area contributed by atoms with Crippen LogP contribution in [0.15, 0.2) is 48.5 Å². The van der Waals surface area contributed by atoms with Gasteiger partial charge in [-0.1, -0.05) is 39.0 Å². The average molecular weight is 292 g/mol. The smallest absolute Gasteiger partial charge is 0.263 e. The molecule has 0 spiro atoms. The Hall–Kier alpha value is -2.42. The fourth-order valence-corrected chi connectivity index (χ4v) is 2.64. The van der Waals surface area contributed by atoms with E-state index in [1.165, 1.54) is 0 Å². The van der Waals surface area contributed by atoms with Crippen LogP contribution in [0.25, 0.3) is 11.0 Å². The van der Waals surface area contributed by atoms with Gasteiger partial charge in [0, 0.05) is 27.8 Å². The van der Waals surface area contributed by atoms with Crippen LogP contribution >= 0.6 is 0 Å². The first-order valence-electron chi connectivity index (χ1n) is 7.47. The summed E-state index contributed by atoms with van der Waals surface area (Å²) in [5.74, 6) is -0.0291. The predicted octanol–water partition coefficient (Wildman–Crippen LogP) is 4.33. The normalized spacial score (nSPS) is 11.8. The molecule has 3 rings (SSSR count). The number of rotatable bonds is 1. The Labute approximate surface area is 130 Å². The number of pyridine rings is 1. The fraction of sp³-hybridized carbons (Fsp3) is 0.263. The Morgan fingerprint density at radius 2 is 1.73 bits per heavy atom. The number of carbonyl (C=O) groups excluding carboxylic acids is 1. The van der Waals surface area contributed by atoms with E-state index >= 15 is 0 Å². The minimum absolute atomic E-state index is 0.0291. The number of hydrogen-bond donors (Lipinski definition) is 0. The molecule has 112 valence electrons. The maximum absolute atomic E-state index is 13.0. The molecule has 0 atom stereocenters. The van der Waals surface area contributed by atoms with Crippen LogP contribution in [0, 0.1) is 6.92 Å². The number of benzene rings is 1. The molecular formula is C19H20N2O. The molecular weight excluding hydrogens is 272 g/mol. The largest absolute Gasteiger partial charge is 0.268 e. The first-order chi connectivity index (χ1) is 10.4. The van der Waals surface area contributed by atoms with E-state index in [9.17, 15) is 4.79 Å². The van der Waals surface area contributed by atoms with E-state index in [-0.39, 0.29) is 11.3 Å². The molecule has 0 fully saturated rings. The van der Waals surface area contributed by atoms with Gasteiger partial charge in [-0.3, -0.25) is 9.36 Å². The van der Waals surface area contributed by atoms with Gasteiger partial charge in [-0.25, -0.2) is 4.98 Å². The maximum atomic E-state index is 13.0. The summed E-state index contributed by atoms with van der Waals surface area (Å²) in [5, 5.41) is 1.000. The topological polar surface area (TPSA) is 34.9 Å². The molecule has 3 aromatic rings. The van der Waals surface area contributed by atoms with Crippen LogP contribution in [0.1, 0.15) is 42.5 Å². The van der Waals surface area contributed by atoms with Crippen LogP contribution in [-0.2, 0) is 5.41 Å². The van der Waals surface area contributed by atoms with Gasteiger partial charge in [0.05, 0.1) is 0 Å². The van der Waals surface area contributed by atoms with Crippen LogP contribution in [0.3, 0.4) is 0 Å². The van der Waals surface area contributed by atoms with Crippen molar-refractivity contribution >= 4 is 16.9 Å². The summed E-state index contributed by atoms with van der Waals surface area (Å²) in [4.78, 5) is 17.6. The van der Waals surface area contributed by atoms with Gasteiger partial charge >= 0.3 is 0 Å². The molecule has 0 saturated heterocycles. The standard InChI is InChI=1S/C19H20N2O/c1-13-10-11-15-12-16(19(2,3)4)21(17(15)20-13)18(22)14-8-6-5-7-9-14/h5-12H,1-4H3. The van der Waals surface area contributed by atoms with Gasteiger partial charge in [-0.15, -0.1) is 0 Å². The Bertz CT molecular complexity index is 839. The van der Waals surface area contributed by atoms with Gasteiger partial charge in [-0.05, 0) is 37.3 Å². The minimum Gasteiger partial charge on any atom is -0.268 e. The third-order valence-corrected chi connectivity index (χ3v) is 3.78. The number of aromatic nitrogens is 2. The van der Waals surface area contributed by atoms with Gasteiger partial charge in [0.2, 0.25) is 0 Å². The maximum Gasteiger partial charge on any atom is 0.263 e. The molecule has 0 unspecified atom stereocenters. The van der Waals surface area contributed by atoms with Gasteiger partial charge in [0.15, 0.2) is 0 Å². The molecule has 2 aromatic heterocycles. The lowest BCUT2D eigenvalue weighted by Gasteiger charge is -2.21. The van der Waals surface area contributed by atoms with Crippen LogP contribution in [0.2, 0.25) is 0 Å². The van der Waals surface area contributed by atoms with Gasteiger partial charge in [0.1, 0.15) is 5.65 Å². The lowest BCUT2D eigenvalue weighted by Crippen LogP contribution is -2.23. The van der Waals surface area contributed by atoms with E-state index in [2.05, 4.69) is 31.8 Å². The van der Waals surface area contributed by atoms with E-state index in [0.29, 0.717) is 5.56 Å². The van der Waals surface area contributed by atoms with E-state index in [0.717, 1.165) is 22.4 Å². The van der Waals surface area contributed by atoms with Gasteiger partial charge < -0.3 is 0 Å². The highest BCUT2D eigenvalue weighted by molar-refractivity contribution is 6.02. The first kappa shape index (κ1) is 14.5. The predicted molar refractivity (Wildman–Crippen MR) is 89.3 cm³/mol. The summed E-state index contributed by atoms with van der Waals surface area (Å²) in [7, 11) is 0. The molecule has 1 aromatic carbocycles. The van der Waals surface area contributed by atoms with E-state index in [1.807, 2.05) is 49.4 Å². The van der Waals surface area contributed by atoms with Crippen molar-refractivity contribution in [2.24, 2.45) is 0 Å². The molecule has 0 amide bonds. The monoisotopic (exact) mass is 292 g/mol. The molecule has 0 saturated carbocycles. The van der Waals surface area contributed by atoms with Crippen molar-refractivity contribution in [3.05, 3.63) is 65.5 Å². The van der Waals surface area contributed by atoms with Crippen molar-refractivity contribution in [1.29, 1.82) is 0 Å². The number of fused-ring (bicyclic) bond motifs is 1. The minimum atomic E-state index is -0.140. The van der Waals surface area contributed by atoms with Crippen molar-refractivity contribution in [3.8, 4) is 0 Å². The molecule has 22 heavy (non-hydrogen) atoms. The molecule has 0 aliphatic heterocycles. The summed E-state index contributed by atoms with van der Waals surface area (Å²) in [6.45, 7) is 8.29. The van der Waals surface area contributed by atoms with Crippen LogP contribution in [0.5, 0.6) is 0 Å². The second-order valence-corrected chi connectivity index (χ2v) is 6.65. The highest BCUT2D eigenvalue weighted by Crippen LogP contribution is 2.29. The Morgan fingerprint density at radius 3 is 2.36 bits per heavy atom. The number of carbonyl (C=O) groups is 1. The lowest BCUT2D eigenvalue weighted by atomic mass is 9.92. The Kier molecular flexibility index (Phi) is 3.36. The quantitative estimate of drug-likeness (QED) is 0.669. The van der Waals surface area contributed by atoms with Crippen molar-refractivity contribution in [3.63, 3.8) is 0 Å². The molecule has 3 heteroatoms. The summed E-state index contributed by atoms with van der Waals surface area (Å²) in [6, 6.07) is 15.4. The fourth-order valence-electron chi connectivity index (χ4n) is 2.64. The van der Waals surface area contributed by atoms with E-state index in [1.54, 1.807) is 4.57 Å². The summed E-state index contributed by atoms with van der Waals surface area (Å²) >= 11 is 0. The highest BCUT2D eigenvalue weighted by atomic mass is 16.2. The molecule has 0 bridgehead atoms. The van der Waals surface area contributed by atoms with Crippen LogP contribution in [-0.4, -0.2) is 15.5 Å². The molecule has 0 aliphatic rings. The molecule has 2 heterocycles. The third-order valence-electron chi connectivity index (χ3n) is 3.78. The third kappa shape index (κ3) is 2.43. The number of aryl methyl sites for hydroxylation is 1. The van der Waals surface area contributed by atoms with Crippen LogP contribution in [0.4, 0.5) is 0 Å². The zero-order valence-electron chi connectivity index (χ0n) is 13.4. The van der Waals surface area contributed by atoms with E-state index in [4.69, 9.17) is 0 Å². The van der Waals surface area contributed by atoms with Gasteiger partial charge in [0.25, 0.3) is 5.91 Å². The van der Waals surface area contributed by atoms with Crippen LogP contribution < -0.4 is 0 Å². The number of nitrogens with zero attached hydrogens (tertiary/aromatic N) is 2. The average Bonchev–Trinajstić information content (AvgIpc) is 2.86. The summed E-state index contributed by atoms with van der Waals surface area (Å²) in [6.07, 6.45) is 0. The van der Waals surface area contributed by atoms with Crippen molar-refractivity contribution in [1.82, 2.24) is 9.55 Å². The molecule has 0 aliphatic carbocycles. The van der Waals surface area contributed by atoms with Crippen molar-refractivity contribution in [2.75, 3.05) is 0 Å². The highest BCUT2D eigenvalue weighted by Gasteiger charge is 2.25. The number of hydrogen-bond acceptors (Lipinski definition) is 2. The Morgan fingerprint density at radius 1 is 1.05 bits per heavy atom. The zero-order valence-corrected chi connectivity index (χ0v) is 13.4. The van der Waals surface area contributed by atoms with E-state index < -0.39 is 0 Å². The first-order valence-corrected chi connectivity index (χ1v) is 7.47. The second kappa shape index (κ2) is 5.09. The SMILES string of the molecule is Cc1ccc2cc(C(C)(C)C)n(C(=O)c3ccccc3)c2n1. The zero-order chi connectivity index (χ0) is 15.9. The molecule has 0 N–H and O–H groups in total. The lowest BCUT2D eigenvalue weighted by molar-refractivity contribution is 0.0958. The van der Waals surface area contributed by atoms with Crippen molar-refractivity contribution < 1.29 is 4.79 Å². The second-order valence-electron chi connectivity index (χ2n) is 6.65.